The van der Waals surface area contributed by atoms with Crippen molar-refractivity contribution in [3.05, 3.63) is 29.3 Å². The molecule has 0 spiro atoms. The number of carbonyl (C=O) groups is 1. The summed E-state index contributed by atoms with van der Waals surface area (Å²) >= 11 is 0. The molecule has 0 aliphatic heterocycles. The monoisotopic (exact) mass is 268 g/mol. The Hall–Kier alpha value is -2.05. The van der Waals surface area contributed by atoms with Gasteiger partial charge in [0, 0.05) is 12.0 Å². The van der Waals surface area contributed by atoms with Crippen LogP contribution < -0.4 is 0 Å². The van der Waals surface area contributed by atoms with E-state index in [0.717, 1.165) is 12.1 Å². The Labute approximate surface area is 110 Å². The number of carbonyl (C=O) groups excluding carboxylic acids is 1. The maximum Gasteiger partial charge on any atom is 0.305 e. The number of hydrogen-bond donors (Lipinski definition) is 4. The van der Waals surface area contributed by atoms with E-state index in [1.165, 1.54) is 13.2 Å². The van der Waals surface area contributed by atoms with Crippen LogP contribution in [0.1, 0.15) is 30.3 Å². The summed E-state index contributed by atoms with van der Waals surface area (Å²) in [7, 11) is 1.29. The third-order valence-corrected chi connectivity index (χ3v) is 2.48. The van der Waals surface area contributed by atoms with Crippen LogP contribution in [0.4, 0.5) is 0 Å². The molecule has 0 saturated carbocycles. The molecule has 0 unspecified atom stereocenters. The average Bonchev–Trinajstić information content (AvgIpc) is 2.36. The number of aliphatic hydroxyl groups excluding tert-OH is 1. The molecule has 0 amide bonds. The molecule has 0 fully saturated rings. The summed E-state index contributed by atoms with van der Waals surface area (Å²) in [5.41, 5.74) is 0.135. The molecule has 0 heterocycles. The van der Waals surface area contributed by atoms with Crippen molar-refractivity contribution < 1.29 is 30.0 Å². The van der Waals surface area contributed by atoms with Crippen molar-refractivity contribution in [3.63, 3.8) is 0 Å². The van der Waals surface area contributed by atoms with Gasteiger partial charge in [-0.05, 0) is 18.6 Å². The van der Waals surface area contributed by atoms with Crippen LogP contribution in [0.2, 0.25) is 0 Å². The van der Waals surface area contributed by atoms with E-state index in [1.807, 2.05) is 0 Å². The van der Waals surface area contributed by atoms with Gasteiger partial charge in [-0.2, -0.15) is 0 Å². The first-order chi connectivity index (χ1) is 8.95. The van der Waals surface area contributed by atoms with Gasteiger partial charge in [0.05, 0.1) is 12.7 Å². The van der Waals surface area contributed by atoms with Gasteiger partial charge in [0.1, 0.15) is 11.5 Å². The minimum Gasteiger partial charge on any atom is -0.507 e. The summed E-state index contributed by atoms with van der Waals surface area (Å²) in [4.78, 5) is 10.9. The second-order valence-electron chi connectivity index (χ2n) is 3.86. The highest BCUT2D eigenvalue weighted by Crippen LogP contribution is 2.32. The number of benzene rings is 1. The van der Waals surface area contributed by atoms with Crippen molar-refractivity contribution >= 4 is 12.0 Å². The summed E-state index contributed by atoms with van der Waals surface area (Å²) in [6, 6.07) is 2.29. The Morgan fingerprint density at radius 1 is 1.32 bits per heavy atom. The van der Waals surface area contributed by atoms with Crippen molar-refractivity contribution in [2.24, 2.45) is 0 Å². The fraction of sp³-hybridized carbons (Fsp3) is 0.308. The maximum atomic E-state index is 10.9. The van der Waals surface area contributed by atoms with E-state index in [2.05, 4.69) is 4.74 Å². The first-order valence-electron chi connectivity index (χ1n) is 5.61. The molecule has 0 saturated heterocycles. The lowest BCUT2D eigenvalue weighted by atomic mass is 10.1. The van der Waals surface area contributed by atoms with Crippen molar-refractivity contribution in [2.45, 2.75) is 19.1 Å². The highest BCUT2D eigenvalue weighted by atomic mass is 16.5. The molecular weight excluding hydrogens is 252 g/mol. The topological polar surface area (TPSA) is 107 Å². The molecule has 0 bridgehead atoms. The van der Waals surface area contributed by atoms with E-state index in [0.29, 0.717) is 6.42 Å². The molecule has 6 heteroatoms. The highest BCUT2D eigenvalue weighted by Gasteiger charge is 2.11. The Morgan fingerprint density at radius 3 is 2.37 bits per heavy atom. The number of rotatable bonds is 5. The van der Waals surface area contributed by atoms with Crippen LogP contribution in [0.5, 0.6) is 11.5 Å². The fourth-order valence-corrected chi connectivity index (χ4v) is 1.47. The van der Waals surface area contributed by atoms with E-state index < -0.39 is 6.29 Å². The number of allylic oxidation sites excluding steroid dienone is 1. The Morgan fingerprint density at radius 2 is 1.89 bits per heavy atom. The number of aliphatic hydroxyl groups is 2. The largest absolute Gasteiger partial charge is 0.507 e. The van der Waals surface area contributed by atoms with Crippen LogP contribution >= 0.6 is 0 Å². The molecule has 104 valence electrons. The van der Waals surface area contributed by atoms with Crippen LogP contribution in [0.25, 0.3) is 6.08 Å². The molecule has 0 aliphatic carbocycles. The number of phenolic OH excluding ortho intramolecular Hbond substituents is 2. The van der Waals surface area contributed by atoms with Crippen LogP contribution in [-0.4, -0.2) is 33.5 Å². The van der Waals surface area contributed by atoms with E-state index in [9.17, 15) is 15.0 Å². The van der Waals surface area contributed by atoms with Gasteiger partial charge in [0.2, 0.25) is 0 Å². The SMILES string of the molecule is COC(=O)CCC=Cc1c(O)cc(C(O)O)cc1O. The lowest BCUT2D eigenvalue weighted by Crippen LogP contribution is -1.98. The molecule has 0 aliphatic rings. The molecule has 1 rings (SSSR count). The average molecular weight is 268 g/mol. The van der Waals surface area contributed by atoms with E-state index in [-0.39, 0.29) is 35.0 Å². The molecule has 0 aromatic heterocycles. The lowest BCUT2D eigenvalue weighted by Gasteiger charge is -2.08. The van der Waals surface area contributed by atoms with Crippen LogP contribution in [0, 0.1) is 0 Å². The lowest BCUT2D eigenvalue weighted by molar-refractivity contribution is -0.140. The summed E-state index contributed by atoms with van der Waals surface area (Å²) in [5, 5.41) is 37.2. The second kappa shape index (κ2) is 6.77. The van der Waals surface area contributed by atoms with Gasteiger partial charge in [0.25, 0.3) is 0 Å². The summed E-state index contributed by atoms with van der Waals surface area (Å²) in [6.45, 7) is 0. The zero-order chi connectivity index (χ0) is 14.4. The first-order valence-corrected chi connectivity index (χ1v) is 5.61. The predicted octanol–water partition coefficient (Wildman–Crippen LogP) is 1.05. The van der Waals surface area contributed by atoms with Gasteiger partial charge in [-0.25, -0.2) is 0 Å². The van der Waals surface area contributed by atoms with Gasteiger partial charge in [-0.1, -0.05) is 12.2 Å². The number of phenols is 2. The fourth-order valence-electron chi connectivity index (χ4n) is 1.47. The molecule has 4 N–H and O–H groups in total. The molecule has 1 aromatic rings. The van der Waals surface area contributed by atoms with Crippen molar-refractivity contribution in [2.75, 3.05) is 7.11 Å². The third kappa shape index (κ3) is 4.27. The van der Waals surface area contributed by atoms with Gasteiger partial charge in [-0.15, -0.1) is 0 Å². The minimum absolute atomic E-state index is 0.0123. The van der Waals surface area contributed by atoms with Gasteiger partial charge in [-0.3, -0.25) is 4.79 Å². The van der Waals surface area contributed by atoms with Gasteiger partial charge < -0.3 is 25.2 Å². The maximum absolute atomic E-state index is 10.9. The van der Waals surface area contributed by atoms with Gasteiger partial charge >= 0.3 is 5.97 Å². The normalized spacial score (nSPS) is 11.2. The van der Waals surface area contributed by atoms with E-state index >= 15 is 0 Å². The summed E-state index contributed by atoms with van der Waals surface area (Å²) in [6.07, 6.45) is 1.87. The standard InChI is InChI=1S/C13H16O6/c1-19-12(16)5-3-2-4-9-10(14)6-8(13(17)18)7-11(9)15/h2,4,6-7,13-15,17-18H,3,5H2,1H3. The number of esters is 1. The highest BCUT2D eigenvalue weighted by molar-refractivity contribution is 5.70. The van der Waals surface area contributed by atoms with E-state index in [4.69, 9.17) is 10.2 Å². The van der Waals surface area contributed by atoms with Crippen LogP contribution in [0.3, 0.4) is 0 Å². The first kappa shape index (κ1) is 15.0. The number of hydrogen-bond acceptors (Lipinski definition) is 6. The van der Waals surface area contributed by atoms with Gasteiger partial charge in [0.15, 0.2) is 6.29 Å². The minimum atomic E-state index is -1.77. The molecule has 19 heavy (non-hydrogen) atoms. The van der Waals surface area contributed by atoms with Crippen molar-refractivity contribution in [1.82, 2.24) is 0 Å². The Balaban J connectivity index is 2.79. The Kier molecular flexibility index (Phi) is 5.35. The molecule has 1 aromatic carbocycles. The smallest absolute Gasteiger partial charge is 0.305 e. The number of ether oxygens (including phenoxy) is 1. The molecule has 6 nitrogen and oxygen atoms in total. The van der Waals surface area contributed by atoms with Crippen LogP contribution in [-0.2, 0) is 9.53 Å². The zero-order valence-electron chi connectivity index (χ0n) is 10.4. The Bertz CT molecular complexity index is 455. The molecular formula is C13H16O6. The number of methoxy groups -OCH3 is 1. The predicted molar refractivity (Wildman–Crippen MR) is 67.2 cm³/mol. The number of aromatic hydroxyl groups is 2. The third-order valence-electron chi connectivity index (χ3n) is 2.48. The summed E-state index contributed by atoms with van der Waals surface area (Å²) < 4.78 is 4.46. The van der Waals surface area contributed by atoms with Crippen LogP contribution in [0.15, 0.2) is 18.2 Å². The molecule has 0 radical (unpaired) electrons. The summed E-state index contributed by atoms with van der Waals surface area (Å²) in [5.74, 6) is -0.910. The van der Waals surface area contributed by atoms with Crippen molar-refractivity contribution in [3.8, 4) is 11.5 Å². The molecule has 0 atom stereocenters. The van der Waals surface area contributed by atoms with E-state index in [1.54, 1.807) is 6.08 Å². The quantitative estimate of drug-likeness (QED) is 0.469. The second-order valence-corrected chi connectivity index (χ2v) is 3.86. The van der Waals surface area contributed by atoms with Crippen molar-refractivity contribution in [1.29, 1.82) is 0 Å². The zero-order valence-corrected chi connectivity index (χ0v) is 10.4.